The van der Waals surface area contributed by atoms with Crippen LogP contribution < -0.4 is 10.6 Å². The fraction of sp³-hybridized carbons (Fsp3) is 0.200. The van der Waals surface area contributed by atoms with Crippen LogP contribution in [0.1, 0.15) is 37.7 Å². The van der Waals surface area contributed by atoms with Crippen LogP contribution in [0.25, 0.3) is 17.4 Å². The molecule has 0 aliphatic carbocycles. The number of aromatic hydroxyl groups is 1. The van der Waals surface area contributed by atoms with E-state index in [2.05, 4.69) is 31.4 Å². The van der Waals surface area contributed by atoms with E-state index in [1.165, 1.54) is 6.08 Å². The molecule has 0 unspecified atom stereocenters. The van der Waals surface area contributed by atoms with Crippen molar-refractivity contribution >= 4 is 46.6 Å². The lowest BCUT2D eigenvalue weighted by Gasteiger charge is -2.20. The number of carbonyl (C=O) groups is 1. The van der Waals surface area contributed by atoms with E-state index in [9.17, 15) is 9.90 Å². The number of aryl methyl sites for hydroxylation is 1. The molecule has 0 aliphatic heterocycles. The number of halogens is 1. The van der Waals surface area contributed by atoms with Crippen molar-refractivity contribution in [3.8, 4) is 17.1 Å². The molecule has 0 saturated carbocycles. The number of hydrogen-bond donors (Lipinski definition) is 3. The van der Waals surface area contributed by atoms with Gasteiger partial charge in [0.1, 0.15) is 17.3 Å². The van der Waals surface area contributed by atoms with Gasteiger partial charge in [-0.15, -0.1) is 0 Å². The SMILES string of the molecule is Cc1ccc(-c2ccc(/C=C/C(=O)NC(=S)Nc3cc(C(C)(C)C)ccc3O)o2)cc1Cl. The third-order valence-electron chi connectivity index (χ3n) is 4.83. The fourth-order valence-electron chi connectivity index (χ4n) is 2.91. The van der Waals surface area contributed by atoms with Gasteiger partial charge in [-0.25, -0.2) is 0 Å². The van der Waals surface area contributed by atoms with Crippen LogP contribution in [-0.2, 0) is 10.2 Å². The highest BCUT2D eigenvalue weighted by atomic mass is 35.5. The first-order valence-electron chi connectivity index (χ1n) is 10.0. The maximum atomic E-state index is 12.2. The lowest BCUT2D eigenvalue weighted by Crippen LogP contribution is -2.32. The summed E-state index contributed by atoms with van der Waals surface area (Å²) in [4.78, 5) is 12.2. The van der Waals surface area contributed by atoms with E-state index in [0.29, 0.717) is 22.2 Å². The van der Waals surface area contributed by atoms with Gasteiger partial charge in [0.25, 0.3) is 0 Å². The number of hydrogen-bond acceptors (Lipinski definition) is 4. The lowest BCUT2D eigenvalue weighted by atomic mass is 9.87. The maximum absolute atomic E-state index is 12.2. The highest BCUT2D eigenvalue weighted by Crippen LogP contribution is 2.31. The molecule has 0 fully saturated rings. The first kappa shape index (κ1) is 23.6. The molecule has 32 heavy (non-hydrogen) atoms. The molecule has 1 heterocycles. The fourth-order valence-corrected chi connectivity index (χ4v) is 3.30. The van der Waals surface area contributed by atoms with Crippen LogP contribution in [-0.4, -0.2) is 16.1 Å². The number of phenolic OH excluding ortho intramolecular Hbond substituents is 1. The van der Waals surface area contributed by atoms with E-state index < -0.39 is 5.91 Å². The molecular weight excluding hydrogens is 444 g/mol. The third kappa shape index (κ3) is 5.99. The number of benzene rings is 2. The second-order valence-corrected chi connectivity index (χ2v) is 9.24. The van der Waals surface area contributed by atoms with Gasteiger partial charge in [0.2, 0.25) is 5.91 Å². The van der Waals surface area contributed by atoms with Crippen molar-refractivity contribution < 1.29 is 14.3 Å². The zero-order chi connectivity index (χ0) is 23.5. The number of phenols is 1. The van der Waals surface area contributed by atoms with Crippen molar-refractivity contribution in [3.63, 3.8) is 0 Å². The number of amides is 1. The van der Waals surface area contributed by atoms with Crippen LogP contribution in [0.3, 0.4) is 0 Å². The Morgan fingerprint density at radius 1 is 1.12 bits per heavy atom. The topological polar surface area (TPSA) is 74.5 Å². The Balaban J connectivity index is 1.62. The van der Waals surface area contributed by atoms with E-state index in [1.807, 2.05) is 43.3 Å². The van der Waals surface area contributed by atoms with Crippen LogP contribution in [0.15, 0.2) is 59.0 Å². The summed E-state index contributed by atoms with van der Waals surface area (Å²) in [6.07, 6.45) is 2.87. The zero-order valence-electron chi connectivity index (χ0n) is 18.3. The number of anilines is 1. The summed E-state index contributed by atoms with van der Waals surface area (Å²) >= 11 is 11.4. The molecule has 0 bridgehead atoms. The van der Waals surface area contributed by atoms with E-state index in [4.69, 9.17) is 28.2 Å². The standard InChI is InChI=1S/C25H25ClN2O3S/c1-15-5-6-16(13-19(15)26)22-11-8-18(31-22)9-12-23(30)28-24(32)27-20-14-17(25(2,3)4)7-10-21(20)29/h5-14,29H,1-4H3,(H2,27,28,30,32)/b12-9+. The van der Waals surface area contributed by atoms with Crippen LogP contribution in [0.2, 0.25) is 5.02 Å². The Labute approximate surface area is 198 Å². The summed E-state index contributed by atoms with van der Waals surface area (Å²) in [5.74, 6) is 0.786. The van der Waals surface area contributed by atoms with Gasteiger partial charge in [-0.05, 0) is 72.1 Å². The van der Waals surface area contributed by atoms with Crippen molar-refractivity contribution in [2.24, 2.45) is 0 Å². The minimum absolute atomic E-state index is 0.0458. The monoisotopic (exact) mass is 468 g/mol. The highest BCUT2D eigenvalue weighted by molar-refractivity contribution is 7.80. The largest absolute Gasteiger partial charge is 0.506 e. The zero-order valence-corrected chi connectivity index (χ0v) is 19.9. The predicted molar refractivity (Wildman–Crippen MR) is 134 cm³/mol. The number of furan rings is 1. The molecule has 1 amide bonds. The Hall–Kier alpha value is -3.09. The van der Waals surface area contributed by atoms with E-state index in [0.717, 1.165) is 16.7 Å². The molecule has 3 aromatic rings. The Morgan fingerprint density at radius 2 is 1.88 bits per heavy atom. The molecule has 5 nitrogen and oxygen atoms in total. The van der Waals surface area contributed by atoms with Crippen molar-refractivity contribution in [1.29, 1.82) is 0 Å². The molecule has 0 spiro atoms. The van der Waals surface area contributed by atoms with Gasteiger partial charge in [0.05, 0.1) is 5.69 Å². The van der Waals surface area contributed by atoms with Gasteiger partial charge in [-0.3, -0.25) is 10.1 Å². The van der Waals surface area contributed by atoms with Crippen LogP contribution in [0.4, 0.5) is 5.69 Å². The summed E-state index contributed by atoms with van der Waals surface area (Å²) in [7, 11) is 0. The molecule has 0 atom stereocenters. The molecule has 7 heteroatoms. The van der Waals surface area contributed by atoms with Gasteiger partial charge in [-0.2, -0.15) is 0 Å². The number of rotatable bonds is 4. The Kier molecular flexibility index (Phi) is 7.06. The van der Waals surface area contributed by atoms with Crippen molar-refractivity contribution in [3.05, 3.63) is 76.5 Å². The van der Waals surface area contributed by atoms with Crippen LogP contribution in [0.5, 0.6) is 5.75 Å². The minimum atomic E-state index is -0.426. The molecule has 0 radical (unpaired) electrons. The summed E-state index contributed by atoms with van der Waals surface area (Å²) in [5.41, 5.74) is 3.20. The smallest absolute Gasteiger partial charge is 0.250 e. The predicted octanol–water partition coefficient (Wildman–Crippen LogP) is 6.44. The van der Waals surface area contributed by atoms with E-state index in [-0.39, 0.29) is 16.3 Å². The molecule has 2 aromatic carbocycles. The second-order valence-electron chi connectivity index (χ2n) is 8.42. The van der Waals surface area contributed by atoms with E-state index >= 15 is 0 Å². The minimum Gasteiger partial charge on any atom is -0.506 e. The number of nitrogens with one attached hydrogen (secondary N) is 2. The van der Waals surface area contributed by atoms with Gasteiger partial charge in [0, 0.05) is 16.7 Å². The summed E-state index contributed by atoms with van der Waals surface area (Å²) in [5, 5.41) is 16.3. The third-order valence-corrected chi connectivity index (χ3v) is 5.44. The molecule has 0 saturated heterocycles. The molecular formula is C25H25ClN2O3S. The maximum Gasteiger partial charge on any atom is 0.250 e. The summed E-state index contributed by atoms with van der Waals surface area (Å²) in [6.45, 7) is 8.15. The average molecular weight is 469 g/mol. The number of thiocarbonyl (C=S) groups is 1. The van der Waals surface area contributed by atoms with E-state index in [1.54, 1.807) is 18.2 Å². The van der Waals surface area contributed by atoms with Gasteiger partial charge in [0.15, 0.2) is 5.11 Å². The average Bonchev–Trinajstić information content (AvgIpc) is 3.18. The summed E-state index contributed by atoms with van der Waals surface area (Å²) < 4.78 is 5.77. The molecule has 166 valence electrons. The quantitative estimate of drug-likeness (QED) is 0.233. The Bertz CT molecular complexity index is 1190. The first-order valence-corrected chi connectivity index (χ1v) is 10.8. The van der Waals surface area contributed by atoms with Crippen molar-refractivity contribution in [2.75, 3.05) is 5.32 Å². The second kappa shape index (κ2) is 9.59. The molecule has 0 aliphatic rings. The summed E-state index contributed by atoms with van der Waals surface area (Å²) in [6, 6.07) is 14.5. The molecule has 3 rings (SSSR count). The van der Waals surface area contributed by atoms with Crippen molar-refractivity contribution in [1.82, 2.24) is 5.32 Å². The first-order chi connectivity index (χ1) is 15.0. The van der Waals surface area contributed by atoms with Crippen molar-refractivity contribution in [2.45, 2.75) is 33.1 Å². The molecule has 1 aromatic heterocycles. The number of carbonyl (C=O) groups excluding carboxylic acids is 1. The molecule has 3 N–H and O–H groups in total. The van der Waals surface area contributed by atoms with Crippen LogP contribution in [0, 0.1) is 6.92 Å². The normalized spacial score (nSPS) is 11.5. The van der Waals surface area contributed by atoms with Crippen LogP contribution >= 0.6 is 23.8 Å². The van der Waals surface area contributed by atoms with Gasteiger partial charge in [-0.1, -0.05) is 50.6 Å². The highest BCUT2D eigenvalue weighted by Gasteiger charge is 2.16. The van der Waals surface area contributed by atoms with Gasteiger partial charge >= 0.3 is 0 Å². The Morgan fingerprint density at radius 3 is 2.56 bits per heavy atom. The van der Waals surface area contributed by atoms with Gasteiger partial charge < -0.3 is 14.8 Å². The lowest BCUT2D eigenvalue weighted by molar-refractivity contribution is -0.115.